The Kier molecular flexibility index (Phi) is 6.29. The maximum atomic E-state index is 2.19. The molecule has 0 aliphatic rings. The van der Waals surface area contributed by atoms with E-state index in [-0.39, 0.29) is 0 Å². The van der Waals surface area contributed by atoms with E-state index in [9.17, 15) is 0 Å². The van der Waals surface area contributed by atoms with Crippen molar-refractivity contribution in [1.29, 1.82) is 0 Å². The summed E-state index contributed by atoms with van der Waals surface area (Å²) in [6.07, 6.45) is 0. The van der Waals surface area contributed by atoms with Crippen LogP contribution >= 0.6 is 11.8 Å². The Morgan fingerprint density at radius 3 is 1.77 bits per heavy atom. The van der Waals surface area contributed by atoms with E-state index in [0.29, 0.717) is 0 Å². The van der Waals surface area contributed by atoms with Gasteiger partial charge in [0.15, 0.2) is 0 Å². The Balaban J connectivity index is 0.000000847. The van der Waals surface area contributed by atoms with Crippen LogP contribution in [0.3, 0.4) is 0 Å². The third kappa shape index (κ3) is 4.25. The topological polar surface area (TPSA) is 0 Å². The van der Waals surface area contributed by atoms with Gasteiger partial charge in [-0.15, -0.1) is 0 Å². The molecule has 3 aromatic rings. The molecule has 0 fully saturated rings. The van der Waals surface area contributed by atoms with Gasteiger partial charge in [-0.3, -0.25) is 0 Å². The highest BCUT2D eigenvalue weighted by atomic mass is 32.2. The second-order valence-electron chi connectivity index (χ2n) is 4.76. The van der Waals surface area contributed by atoms with Crippen LogP contribution in [0.15, 0.2) is 88.7 Å². The fourth-order valence-corrected chi connectivity index (χ4v) is 3.05. The lowest BCUT2D eigenvalue weighted by molar-refractivity contribution is 1.29. The summed E-state index contributed by atoms with van der Waals surface area (Å²) in [6.45, 7) is 6.15. The quantitative estimate of drug-likeness (QED) is 0.510. The number of hydrogen-bond acceptors (Lipinski definition) is 1. The van der Waals surface area contributed by atoms with Crippen LogP contribution in [0.1, 0.15) is 19.4 Å². The summed E-state index contributed by atoms with van der Waals surface area (Å²) < 4.78 is 0. The van der Waals surface area contributed by atoms with Crippen molar-refractivity contribution in [1.82, 2.24) is 0 Å². The highest BCUT2D eigenvalue weighted by Gasteiger charge is 2.01. The summed E-state index contributed by atoms with van der Waals surface area (Å²) in [5.41, 5.74) is 3.85. The van der Waals surface area contributed by atoms with Crippen molar-refractivity contribution in [3.63, 3.8) is 0 Å². The van der Waals surface area contributed by atoms with Gasteiger partial charge < -0.3 is 0 Å². The zero-order valence-corrected chi connectivity index (χ0v) is 14.2. The van der Waals surface area contributed by atoms with Crippen molar-refractivity contribution in [2.75, 3.05) is 0 Å². The minimum atomic E-state index is 1.26. The number of rotatable bonds is 3. The Labute approximate surface area is 138 Å². The van der Waals surface area contributed by atoms with Gasteiger partial charge in [-0.2, -0.15) is 0 Å². The van der Waals surface area contributed by atoms with Gasteiger partial charge in [0.2, 0.25) is 0 Å². The van der Waals surface area contributed by atoms with Gasteiger partial charge in [0, 0.05) is 9.79 Å². The molecule has 0 saturated carbocycles. The molecule has 0 aliphatic heterocycles. The highest BCUT2D eigenvalue weighted by Crippen LogP contribution is 2.31. The summed E-state index contributed by atoms with van der Waals surface area (Å²) >= 11 is 1.82. The molecule has 0 radical (unpaired) electrons. The molecular weight excluding hydrogens is 284 g/mol. The van der Waals surface area contributed by atoms with E-state index in [4.69, 9.17) is 0 Å². The van der Waals surface area contributed by atoms with Gasteiger partial charge in [0.05, 0.1) is 0 Å². The van der Waals surface area contributed by atoms with Crippen LogP contribution in [0.25, 0.3) is 11.1 Å². The standard InChI is InChI=1S/C19H16S.C2H6/c1-15-7-5-6-10-19(15)20-18-13-11-17(12-14-18)16-8-3-2-4-9-16;1-2/h2-14H,1H3;1-2H3. The number of aryl methyl sites for hydroxylation is 1. The molecule has 3 aromatic carbocycles. The van der Waals surface area contributed by atoms with Crippen LogP contribution < -0.4 is 0 Å². The summed E-state index contributed by atoms with van der Waals surface area (Å²) in [5.74, 6) is 0. The first kappa shape index (κ1) is 16.4. The average Bonchev–Trinajstić information content (AvgIpc) is 2.60. The van der Waals surface area contributed by atoms with Gasteiger partial charge in [-0.05, 0) is 41.8 Å². The van der Waals surface area contributed by atoms with Crippen LogP contribution in [0.2, 0.25) is 0 Å². The molecule has 0 bridgehead atoms. The summed E-state index contributed by atoms with van der Waals surface area (Å²) in [5, 5.41) is 0. The van der Waals surface area contributed by atoms with Crippen LogP contribution in [0.5, 0.6) is 0 Å². The zero-order chi connectivity index (χ0) is 15.8. The molecule has 0 atom stereocenters. The Bertz CT molecular complexity index is 685. The van der Waals surface area contributed by atoms with E-state index < -0.39 is 0 Å². The molecule has 0 unspecified atom stereocenters. The van der Waals surface area contributed by atoms with Crippen molar-refractivity contribution >= 4 is 11.8 Å². The second kappa shape index (κ2) is 8.45. The largest absolute Gasteiger partial charge is 0.0898 e. The van der Waals surface area contributed by atoms with Crippen molar-refractivity contribution in [2.45, 2.75) is 30.6 Å². The van der Waals surface area contributed by atoms with E-state index in [1.54, 1.807) is 0 Å². The van der Waals surface area contributed by atoms with Crippen molar-refractivity contribution in [3.05, 3.63) is 84.4 Å². The van der Waals surface area contributed by atoms with Crippen molar-refractivity contribution in [3.8, 4) is 11.1 Å². The van der Waals surface area contributed by atoms with E-state index in [1.807, 2.05) is 31.7 Å². The first-order valence-corrected chi connectivity index (χ1v) is 8.53. The van der Waals surface area contributed by atoms with Gasteiger partial charge >= 0.3 is 0 Å². The molecular formula is C21H22S. The first-order valence-electron chi connectivity index (χ1n) is 7.72. The lowest BCUT2D eigenvalue weighted by Gasteiger charge is -2.06. The third-order valence-electron chi connectivity index (χ3n) is 3.28. The molecule has 0 N–H and O–H groups in total. The maximum Gasteiger partial charge on any atom is 0.0151 e. The molecule has 0 saturated heterocycles. The minimum absolute atomic E-state index is 1.26. The normalized spacial score (nSPS) is 9.77. The van der Waals surface area contributed by atoms with Crippen LogP contribution in [0.4, 0.5) is 0 Å². The van der Waals surface area contributed by atoms with E-state index >= 15 is 0 Å². The maximum absolute atomic E-state index is 2.19. The van der Waals surface area contributed by atoms with Crippen molar-refractivity contribution in [2.24, 2.45) is 0 Å². The molecule has 0 amide bonds. The predicted octanol–water partition coefficient (Wildman–Crippen LogP) is 6.84. The summed E-state index contributed by atoms with van der Waals surface area (Å²) in [6, 6.07) is 27.7. The summed E-state index contributed by atoms with van der Waals surface area (Å²) in [4.78, 5) is 2.60. The average molecular weight is 306 g/mol. The van der Waals surface area contributed by atoms with Gasteiger partial charge in [0.1, 0.15) is 0 Å². The molecule has 0 nitrogen and oxygen atoms in total. The Morgan fingerprint density at radius 1 is 0.591 bits per heavy atom. The highest BCUT2D eigenvalue weighted by molar-refractivity contribution is 7.99. The van der Waals surface area contributed by atoms with Crippen LogP contribution in [-0.4, -0.2) is 0 Å². The molecule has 0 spiro atoms. The molecule has 22 heavy (non-hydrogen) atoms. The fourth-order valence-electron chi connectivity index (χ4n) is 2.14. The smallest absolute Gasteiger partial charge is 0.0151 e. The van der Waals surface area contributed by atoms with Crippen LogP contribution in [-0.2, 0) is 0 Å². The van der Waals surface area contributed by atoms with E-state index in [1.165, 1.54) is 26.5 Å². The lowest BCUT2D eigenvalue weighted by atomic mass is 10.1. The monoisotopic (exact) mass is 306 g/mol. The van der Waals surface area contributed by atoms with Gasteiger partial charge in [-0.1, -0.05) is 86.3 Å². The molecule has 0 aliphatic carbocycles. The predicted molar refractivity (Wildman–Crippen MR) is 98.5 cm³/mol. The first-order chi connectivity index (χ1) is 10.8. The Morgan fingerprint density at radius 2 is 1.14 bits per heavy atom. The van der Waals surface area contributed by atoms with Crippen LogP contribution in [0, 0.1) is 6.92 Å². The minimum Gasteiger partial charge on any atom is -0.0898 e. The lowest BCUT2D eigenvalue weighted by Crippen LogP contribution is -1.80. The SMILES string of the molecule is CC.Cc1ccccc1Sc1ccc(-c2ccccc2)cc1. The van der Waals surface area contributed by atoms with Crippen molar-refractivity contribution < 1.29 is 0 Å². The second-order valence-corrected chi connectivity index (χ2v) is 5.87. The molecule has 112 valence electrons. The molecule has 0 aromatic heterocycles. The number of hydrogen-bond donors (Lipinski definition) is 0. The number of benzene rings is 3. The Hall–Kier alpha value is -1.99. The zero-order valence-electron chi connectivity index (χ0n) is 13.4. The molecule has 1 heteroatoms. The van der Waals surface area contributed by atoms with E-state index in [2.05, 4.69) is 79.7 Å². The third-order valence-corrected chi connectivity index (χ3v) is 4.47. The fraction of sp³-hybridized carbons (Fsp3) is 0.143. The van der Waals surface area contributed by atoms with Gasteiger partial charge in [0.25, 0.3) is 0 Å². The van der Waals surface area contributed by atoms with Gasteiger partial charge in [-0.25, -0.2) is 0 Å². The van der Waals surface area contributed by atoms with E-state index in [0.717, 1.165) is 0 Å². The molecule has 3 rings (SSSR count). The molecule has 0 heterocycles. The summed E-state index contributed by atoms with van der Waals surface area (Å²) in [7, 11) is 0.